The van der Waals surface area contributed by atoms with Gasteiger partial charge in [-0.2, -0.15) is 0 Å². The van der Waals surface area contributed by atoms with Crippen LogP contribution in [0.5, 0.6) is 5.75 Å². The molecule has 146 valence electrons. The van der Waals surface area contributed by atoms with E-state index in [9.17, 15) is 9.59 Å². The van der Waals surface area contributed by atoms with E-state index in [-0.39, 0.29) is 23.4 Å². The van der Waals surface area contributed by atoms with Gasteiger partial charge in [-0.3, -0.25) is 9.59 Å². The number of ketones is 1. The summed E-state index contributed by atoms with van der Waals surface area (Å²) in [5.74, 6) is 0.986. The predicted molar refractivity (Wildman–Crippen MR) is 110 cm³/mol. The van der Waals surface area contributed by atoms with E-state index in [1.807, 2.05) is 6.92 Å². The molecule has 8 heteroatoms. The highest BCUT2D eigenvalue weighted by Crippen LogP contribution is 2.27. The number of hydrogen-bond acceptors (Lipinski definition) is 7. The van der Waals surface area contributed by atoms with Crippen molar-refractivity contribution in [2.45, 2.75) is 43.9 Å². The van der Waals surface area contributed by atoms with Crippen LogP contribution in [0.3, 0.4) is 0 Å². The van der Waals surface area contributed by atoms with Crippen molar-refractivity contribution in [1.82, 2.24) is 10.2 Å². The highest BCUT2D eigenvalue weighted by molar-refractivity contribution is 8.01. The zero-order chi connectivity index (χ0) is 19.6. The first kappa shape index (κ1) is 21.4. The maximum atomic E-state index is 12.3. The van der Waals surface area contributed by atoms with Crippen LogP contribution in [0.2, 0.25) is 0 Å². The molecule has 0 radical (unpaired) electrons. The number of Topliss-reactive ketones (excluding diaryl/α,β-unsaturated/α-hetero) is 1. The molecule has 6 nitrogen and oxygen atoms in total. The topological polar surface area (TPSA) is 81.2 Å². The van der Waals surface area contributed by atoms with Crippen LogP contribution < -0.4 is 10.1 Å². The summed E-state index contributed by atoms with van der Waals surface area (Å²) >= 11 is 2.61. The molecular formula is C19H25N3O3S2. The summed E-state index contributed by atoms with van der Waals surface area (Å²) in [4.78, 5) is 24.6. The third-order valence-electron chi connectivity index (χ3n) is 4.15. The highest BCUT2D eigenvalue weighted by Gasteiger charge is 2.18. The monoisotopic (exact) mass is 407 g/mol. The normalized spacial score (nSPS) is 11.8. The van der Waals surface area contributed by atoms with Gasteiger partial charge in [0.1, 0.15) is 5.75 Å². The third-order valence-corrected chi connectivity index (χ3v) is 6.12. The van der Waals surface area contributed by atoms with Crippen LogP contribution in [-0.2, 0) is 4.79 Å². The van der Waals surface area contributed by atoms with Crippen molar-refractivity contribution in [1.29, 1.82) is 0 Å². The molecule has 1 heterocycles. The Balaban J connectivity index is 1.86. The molecule has 0 spiro atoms. The first-order valence-electron chi connectivity index (χ1n) is 9.01. The molecule has 0 aliphatic rings. The van der Waals surface area contributed by atoms with Gasteiger partial charge >= 0.3 is 0 Å². The van der Waals surface area contributed by atoms with Gasteiger partial charge in [-0.1, -0.05) is 49.8 Å². The Kier molecular flexibility index (Phi) is 8.74. The van der Waals surface area contributed by atoms with Crippen molar-refractivity contribution < 1.29 is 14.3 Å². The lowest BCUT2D eigenvalue weighted by molar-refractivity contribution is -0.120. The fraction of sp³-hybridized carbons (Fsp3) is 0.474. The average Bonchev–Trinajstić information content (AvgIpc) is 3.14. The minimum Gasteiger partial charge on any atom is -0.497 e. The van der Waals surface area contributed by atoms with E-state index in [0.717, 1.165) is 25.7 Å². The average molecular weight is 408 g/mol. The van der Waals surface area contributed by atoms with E-state index < -0.39 is 0 Å². The minimum atomic E-state index is -0.00652. The third kappa shape index (κ3) is 6.62. The number of unbranched alkanes of at least 4 members (excludes halogenated alkanes) is 1. The van der Waals surface area contributed by atoms with Crippen LogP contribution in [-0.4, -0.2) is 34.8 Å². The molecular weight excluding hydrogens is 382 g/mol. The summed E-state index contributed by atoms with van der Waals surface area (Å²) in [6, 6.07) is 7.02. The van der Waals surface area contributed by atoms with Crippen LogP contribution >= 0.6 is 23.1 Å². The quantitative estimate of drug-likeness (QED) is 0.331. The summed E-state index contributed by atoms with van der Waals surface area (Å²) < 4.78 is 5.75. The molecule has 1 amide bonds. The second-order valence-electron chi connectivity index (χ2n) is 6.05. The van der Waals surface area contributed by atoms with Gasteiger partial charge in [0.2, 0.25) is 11.0 Å². The number of methoxy groups -OCH3 is 1. The Bertz CT molecular complexity index is 747. The zero-order valence-electron chi connectivity index (χ0n) is 15.9. The van der Waals surface area contributed by atoms with Gasteiger partial charge in [0, 0.05) is 11.5 Å². The zero-order valence-corrected chi connectivity index (χ0v) is 17.5. The van der Waals surface area contributed by atoms with Crippen molar-refractivity contribution in [2.75, 3.05) is 18.2 Å². The van der Waals surface area contributed by atoms with E-state index >= 15 is 0 Å². The van der Waals surface area contributed by atoms with E-state index in [1.54, 1.807) is 31.4 Å². The first-order chi connectivity index (χ1) is 13.1. The number of carbonyl (C=O) groups is 2. The summed E-state index contributed by atoms with van der Waals surface area (Å²) in [7, 11) is 1.59. The maximum absolute atomic E-state index is 12.3. The molecule has 2 rings (SSSR count). The Morgan fingerprint density at radius 2 is 1.96 bits per heavy atom. The summed E-state index contributed by atoms with van der Waals surface area (Å²) in [6.07, 6.45) is 3.81. The minimum absolute atomic E-state index is 0.00148. The molecule has 1 atom stereocenters. The number of benzene rings is 1. The smallest absolute Gasteiger partial charge is 0.229 e. The van der Waals surface area contributed by atoms with E-state index in [0.29, 0.717) is 20.8 Å². The van der Waals surface area contributed by atoms with Crippen molar-refractivity contribution in [3.63, 3.8) is 0 Å². The molecule has 0 unspecified atom stereocenters. The summed E-state index contributed by atoms with van der Waals surface area (Å²) in [6.45, 7) is 4.14. The molecule has 0 aliphatic carbocycles. The molecule has 1 aromatic carbocycles. The summed E-state index contributed by atoms with van der Waals surface area (Å²) in [5, 5.41) is 11.4. The fourth-order valence-corrected chi connectivity index (χ4v) is 4.13. The van der Waals surface area contributed by atoms with Gasteiger partial charge in [-0.15, -0.1) is 10.2 Å². The maximum Gasteiger partial charge on any atom is 0.229 e. The molecule has 0 aliphatic heterocycles. The molecule has 0 fully saturated rings. The highest BCUT2D eigenvalue weighted by atomic mass is 32.2. The van der Waals surface area contributed by atoms with E-state index in [2.05, 4.69) is 22.4 Å². The number of anilines is 1. The lowest BCUT2D eigenvalue weighted by Gasteiger charge is -2.12. The Morgan fingerprint density at radius 1 is 1.22 bits per heavy atom. The molecule has 27 heavy (non-hydrogen) atoms. The number of nitrogens with one attached hydrogen (secondary N) is 1. The van der Waals surface area contributed by atoms with Crippen LogP contribution in [0.4, 0.5) is 5.13 Å². The molecule has 2 aromatic rings. The molecule has 0 bridgehead atoms. The Hall–Kier alpha value is -1.93. The number of hydrogen-bond donors (Lipinski definition) is 1. The van der Waals surface area contributed by atoms with Crippen LogP contribution in [0.1, 0.15) is 49.9 Å². The number of rotatable bonds is 11. The largest absolute Gasteiger partial charge is 0.497 e. The number of carbonyl (C=O) groups excluding carboxylic acids is 2. The number of thioether (sulfide) groups is 1. The van der Waals surface area contributed by atoms with Gasteiger partial charge in [0.05, 0.1) is 12.9 Å². The van der Waals surface area contributed by atoms with Crippen LogP contribution in [0.25, 0.3) is 0 Å². The fourth-order valence-electron chi connectivity index (χ4n) is 2.48. The number of aromatic nitrogens is 2. The second-order valence-corrected chi connectivity index (χ2v) is 8.25. The van der Waals surface area contributed by atoms with Gasteiger partial charge < -0.3 is 10.1 Å². The van der Waals surface area contributed by atoms with Crippen molar-refractivity contribution in [3.8, 4) is 5.75 Å². The van der Waals surface area contributed by atoms with E-state index in [4.69, 9.17) is 4.74 Å². The van der Waals surface area contributed by atoms with Gasteiger partial charge in [-0.05, 0) is 37.1 Å². The summed E-state index contributed by atoms with van der Waals surface area (Å²) in [5.41, 5.74) is 0.628. The Labute approximate surface area is 168 Å². The van der Waals surface area contributed by atoms with Crippen molar-refractivity contribution in [3.05, 3.63) is 29.8 Å². The molecule has 1 aromatic heterocycles. The second kappa shape index (κ2) is 11.0. The standard InChI is InChI=1S/C19H25N3O3S2/c1-4-6-7-13(5-2)17(24)20-18-21-22-19(27-18)26-12-16(23)14-8-10-15(25-3)11-9-14/h8-11,13H,4-7,12H2,1-3H3,(H,20,21,24)/t13-/m0/s1. The van der Waals surface area contributed by atoms with Crippen molar-refractivity contribution in [2.24, 2.45) is 5.92 Å². The Morgan fingerprint density at radius 3 is 2.59 bits per heavy atom. The lowest BCUT2D eigenvalue weighted by Crippen LogP contribution is -2.22. The number of amides is 1. The predicted octanol–water partition coefficient (Wildman–Crippen LogP) is 4.68. The van der Waals surface area contributed by atoms with Gasteiger partial charge in [0.15, 0.2) is 10.1 Å². The number of ether oxygens (including phenoxy) is 1. The van der Waals surface area contributed by atoms with Gasteiger partial charge in [-0.25, -0.2) is 0 Å². The van der Waals surface area contributed by atoms with Crippen LogP contribution in [0.15, 0.2) is 28.6 Å². The van der Waals surface area contributed by atoms with E-state index in [1.165, 1.54) is 23.1 Å². The lowest BCUT2D eigenvalue weighted by atomic mass is 9.99. The molecule has 0 saturated carbocycles. The molecule has 0 saturated heterocycles. The van der Waals surface area contributed by atoms with Crippen molar-refractivity contribution >= 4 is 39.9 Å². The first-order valence-corrected chi connectivity index (χ1v) is 10.8. The SMILES string of the molecule is CCCC[C@H](CC)C(=O)Nc1nnc(SCC(=O)c2ccc(OC)cc2)s1. The van der Waals surface area contributed by atoms with Crippen LogP contribution in [0, 0.1) is 5.92 Å². The van der Waals surface area contributed by atoms with Gasteiger partial charge in [0.25, 0.3) is 0 Å². The number of nitrogens with zero attached hydrogens (tertiary/aromatic N) is 2. The molecule has 1 N–H and O–H groups in total.